The maximum absolute atomic E-state index is 10.2. The maximum atomic E-state index is 10.2. The second-order valence-electron chi connectivity index (χ2n) is 11.0. The van der Waals surface area contributed by atoms with Gasteiger partial charge in [-0.05, 0) is 56.2 Å². The lowest BCUT2D eigenvalue weighted by Crippen LogP contribution is -2.53. The number of halogens is 1. The standard InChI is InChI=1S/C26H32ClN7O2/c1-16-8-18-12-28-25(31-20-13-29-34(24(20)27)26-3-2-17(10-26)11-26)30-19(18)9-21(16)32-4-6-33(7-5-32)22-14-36-15-23(22)35/h8-9,12-13,17,22-23,35H,2-7,10-11,14-15H2,1H3,(H,28,30,31). The summed E-state index contributed by atoms with van der Waals surface area (Å²) in [6, 6.07) is 4.44. The molecular weight excluding hydrogens is 478 g/mol. The summed E-state index contributed by atoms with van der Waals surface area (Å²) >= 11 is 6.75. The van der Waals surface area contributed by atoms with Crippen LogP contribution in [0, 0.1) is 12.8 Å². The Hall–Kier alpha value is -2.46. The van der Waals surface area contributed by atoms with Crippen LogP contribution in [0.15, 0.2) is 24.5 Å². The minimum atomic E-state index is -0.384. The Morgan fingerprint density at radius 3 is 2.69 bits per heavy atom. The van der Waals surface area contributed by atoms with Crippen molar-refractivity contribution in [3.63, 3.8) is 0 Å². The Morgan fingerprint density at radius 2 is 1.97 bits per heavy atom. The van der Waals surface area contributed by atoms with Gasteiger partial charge in [0.2, 0.25) is 5.95 Å². The monoisotopic (exact) mass is 509 g/mol. The van der Waals surface area contributed by atoms with E-state index in [1.54, 1.807) is 6.20 Å². The van der Waals surface area contributed by atoms with Crippen molar-refractivity contribution >= 4 is 39.8 Å². The van der Waals surface area contributed by atoms with Crippen LogP contribution in [0.25, 0.3) is 10.9 Å². The summed E-state index contributed by atoms with van der Waals surface area (Å²) in [6.07, 6.45) is 8.09. The summed E-state index contributed by atoms with van der Waals surface area (Å²) in [5, 5.41) is 19.8. The molecule has 4 heterocycles. The van der Waals surface area contributed by atoms with E-state index < -0.39 is 0 Å². The summed E-state index contributed by atoms with van der Waals surface area (Å²) in [7, 11) is 0. The fraction of sp³-hybridized carbons (Fsp3) is 0.577. The van der Waals surface area contributed by atoms with E-state index >= 15 is 0 Å². The fourth-order valence-corrected chi connectivity index (χ4v) is 7.12. The summed E-state index contributed by atoms with van der Waals surface area (Å²) in [5.41, 5.74) is 4.17. The fourth-order valence-electron chi connectivity index (χ4n) is 6.80. The predicted molar refractivity (Wildman–Crippen MR) is 139 cm³/mol. The van der Waals surface area contributed by atoms with Crippen molar-refractivity contribution in [2.24, 2.45) is 5.92 Å². The highest BCUT2D eigenvalue weighted by molar-refractivity contribution is 6.32. The van der Waals surface area contributed by atoms with Crippen molar-refractivity contribution in [3.8, 4) is 0 Å². The number of anilines is 3. The second kappa shape index (κ2) is 8.55. The number of rotatable bonds is 5. The lowest BCUT2D eigenvalue weighted by atomic mass is 9.77. The molecule has 3 aromatic rings. The zero-order valence-corrected chi connectivity index (χ0v) is 21.3. The van der Waals surface area contributed by atoms with Crippen LogP contribution in [-0.4, -0.2) is 81.3 Å². The van der Waals surface area contributed by atoms with Crippen molar-refractivity contribution in [1.29, 1.82) is 0 Å². The molecule has 0 radical (unpaired) electrons. The van der Waals surface area contributed by atoms with Crippen LogP contribution in [0.5, 0.6) is 0 Å². The third-order valence-electron chi connectivity index (χ3n) is 8.80. The van der Waals surface area contributed by atoms with Crippen molar-refractivity contribution in [2.45, 2.75) is 50.3 Å². The van der Waals surface area contributed by atoms with Crippen LogP contribution in [0.3, 0.4) is 0 Å². The minimum absolute atomic E-state index is 0.112. The Bertz CT molecular complexity index is 1290. The molecule has 2 unspecified atom stereocenters. The Balaban J connectivity index is 1.10. The molecule has 2 aliphatic heterocycles. The SMILES string of the molecule is Cc1cc2cnc(Nc3cnn(C45CCC(C4)C5)c3Cl)nc2cc1N1CCN(C2COCC2O)CC1. The number of hydrogen-bond acceptors (Lipinski definition) is 8. The molecule has 2 bridgehead atoms. The summed E-state index contributed by atoms with van der Waals surface area (Å²) in [5.74, 6) is 1.36. The van der Waals surface area contributed by atoms with Gasteiger partial charge >= 0.3 is 0 Å². The van der Waals surface area contributed by atoms with E-state index in [1.165, 1.54) is 30.5 Å². The molecule has 2 aromatic heterocycles. The largest absolute Gasteiger partial charge is 0.389 e. The zero-order chi connectivity index (χ0) is 24.4. The third-order valence-corrected chi connectivity index (χ3v) is 9.17. The van der Waals surface area contributed by atoms with Gasteiger partial charge in [0.25, 0.3) is 0 Å². The van der Waals surface area contributed by atoms with Crippen LogP contribution in [0.4, 0.5) is 17.3 Å². The van der Waals surface area contributed by atoms with Crippen LogP contribution in [-0.2, 0) is 10.3 Å². The number of ether oxygens (including phenoxy) is 1. The molecule has 0 amide bonds. The van der Waals surface area contributed by atoms with Crippen molar-refractivity contribution in [2.75, 3.05) is 49.6 Å². The highest BCUT2D eigenvalue weighted by atomic mass is 35.5. The number of piperazine rings is 1. The molecule has 0 spiro atoms. The zero-order valence-electron chi connectivity index (χ0n) is 20.5. The lowest BCUT2D eigenvalue weighted by molar-refractivity contribution is 0.0785. The molecule has 3 aliphatic carbocycles. The first-order chi connectivity index (χ1) is 17.5. The smallest absolute Gasteiger partial charge is 0.227 e. The number of aliphatic hydroxyl groups excluding tert-OH is 1. The number of nitrogens with zero attached hydrogens (tertiary/aromatic N) is 6. The van der Waals surface area contributed by atoms with Gasteiger partial charge in [-0.3, -0.25) is 4.90 Å². The van der Waals surface area contributed by atoms with E-state index in [0.29, 0.717) is 24.3 Å². The first kappa shape index (κ1) is 22.7. The number of nitrogens with one attached hydrogen (secondary N) is 1. The van der Waals surface area contributed by atoms with Crippen molar-refractivity contribution < 1.29 is 9.84 Å². The molecule has 2 saturated heterocycles. The van der Waals surface area contributed by atoms with E-state index in [0.717, 1.165) is 55.1 Å². The maximum Gasteiger partial charge on any atom is 0.227 e. The van der Waals surface area contributed by atoms with Crippen LogP contribution in [0.1, 0.15) is 31.2 Å². The molecule has 8 rings (SSSR count). The van der Waals surface area contributed by atoms with Gasteiger partial charge < -0.3 is 20.1 Å². The molecule has 1 aromatic carbocycles. The highest BCUT2D eigenvalue weighted by Crippen LogP contribution is 2.57. The summed E-state index contributed by atoms with van der Waals surface area (Å²) in [6.45, 7) is 6.83. The van der Waals surface area contributed by atoms with Crippen LogP contribution < -0.4 is 10.2 Å². The van der Waals surface area contributed by atoms with Gasteiger partial charge in [-0.2, -0.15) is 5.10 Å². The lowest BCUT2D eigenvalue weighted by Gasteiger charge is -2.40. The molecule has 10 heteroatoms. The molecule has 5 fully saturated rings. The number of benzene rings is 1. The Kier molecular flexibility index (Phi) is 5.39. The van der Waals surface area contributed by atoms with Gasteiger partial charge in [-0.1, -0.05) is 11.6 Å². The molecule has 2 N–H and O–H groups in total. The average molecular weight is 510 g/mol. The molecule has 2 atom stereocenters. The predicted octanol–water partition coefficient (Wildman–Crippen LogP) is 3.31. The molecule has 36 heavy (non-hydrogen) atoms. The van der Waals surface area contributed by atoms with Crippen molar-refractivity contribution in [3.05, 3.63) is 35.2 Å². The first-order valence-corrected chi connectivity index (χ1v) is 13.4. The molecule has 3 saturated carbocycles. The number of fused-ring (bicyclic) bond motifs is 2. The van der Waals surface area contributed by atoms with Crippen molar-refractivity contribution in [1.82, 2.24) is 24.6 Å². The summed E-state index contributed by atoms with van der Waals surface area (Å²) in [4.78, 5) is 14.1. The number of aryl methyl sites for hydroxylation is 1. The normalized spacial score (nSPS) is 30.2. The van der Waals surface area contributed by atoms with E-state index in [1.807, 2.05) is 10.9 Å². The van der Waals surface area contributed by atoms with Crippen LogP contribution in [0.2, 0.25) is 5.15 Å². The van der Waals surface area contributed by atoms with Gasteiger partial charge in [0, 0.05) is 43.4 Å². The van der Waals surface area contributed by atoms with E-state index in [9.17, 15) is 5.11 Å². The first-order valence-electron chi connectivity index (χ1n) is 13.0. The Labute approximate surface area is 215 Å². The molecule has 190 valence electrons. The van der Waals surface area contributed by atoms with E-state index in [4.69, 9.17) is 21.3 Å². The Morgan fingerprint density at radius 1 is 1.14 bits per heavy atom. The van der Waals surface area contributed by atoms with Gasteiger partial charge in [-0.25, -0.2) is 14.6 Å². The number of hydrogen-bond donors (Lipinski definition) is 2. The summed E-state index contributed by atoms with van der Waals surface area (Å²) < 4.78 is 7.47. The minimum Gasteiger partial charge on any atom is -0.389 e. The molecular formula is C26H32ClN7O2. The molecule has 9 nitrogen and oxygen atoms in total. The van der Waals surface area contributed by atoms with Gasteiger partial charge in [0.15, 0.2) is 5.15 Å². The van der Waals surface area contributed by atoms with E-state index in [-0.39, 0.29) is 17.7 Å². The number of aliphatic hydroxyl groups is 1. The van der Waals surface area contributed by atoms with Gasteiger partial charge in [0.1, 0.15) is 0 Å². The van der Waals surface area contributed by atoms with Gasteiger partial charge in [0.05, 0.1) is 48.3 Å². The third kappa shape index (κ3) is 3.67. The molecule has 5 aliphatic rings. The topological polar surface area (TPSA) is 91.6 Å². The van der Waals surface area contributed by atoms with Crippen LogP contribution >= 0.6 is 11.6 Å². The average Bonchev–Trinajstić information content (AvgIpc) is 3.64. The number of aromatic nitrogens is 4. The second-order valence-corrected chi connectivity index (χ2v) is 11.4. The quantitative estimate of drug-likeness (QED) is 0.541. The highest BCUT2D eigenvalue weighted by Gasteiger charge is 2.53. The van der Waals surface area contributed by atoms with E-state index in [2.05, 4.69) is 44.3 Å². The van der Waals surface area contributed by atoms with Gasteiger partial charge in [-0.15, -0.1) is 0 Å².